The Bertz CT molecular complexity index is 1060. The maximum atomic E-state index is 11.8. The third-order valence-electron chi connectivity index (χ3n) is 4.60. The van der Waals surface area contributed by atoms with Crippen LogP contribution in [0.25, 0.3) is 16.7 Å². The number of carbonyl (C=O) groups excluding carboxylic acids is 1. The number of benzene rings is 1. The van der Waals surface area contributed by atoms with Gasteiger partial charge in [0.05, 0.1) is 11.0 Å². The summed E-state index contributed by atoms with van der Waals surface area (Å²) in [6, 6.07) is 5.60. The van der Waals surface area contributed by atoms with Gasteiger partial charge in [-0.3, -0.25) is 13.4 Å². The fourth-order valence-electron chi connectivity index (χ4n) is 3.18. The number of rotatable bonds is 9. The van der Waals surface area contributed by atoms with Crippen LogP contribution in [0.1, 0.15) is 41.8 Å². The maximum Gasteiger partial charge on any atom is 0.220 e. The van der Waals surface area contributed by atoms with E-state index in [1.54, 1.807) is 6.26 Å². The van der Waals surface area contributed by atoms with Crippen molar-refractivity contribution >= 4 is 39.2 Å². The summed E-state index contributed by atoms with van der Waals surface area (Å²) in [6.45, 7) is 7.35. The van der Waals surface area contributed by atoms with Gasteiger partial charge in [0.15, 0.2) is 5.82 Å². The molecule has 1 unspecified atom stereocenters. The minimum atomic E-state index is -1.07. The highest BCUT2D eigenvalue weighted by Gasteiger charge is 2.14. The number of fused-ring (bicyclic) bond motifs is 3. The Kier molecular flexibility index (Phi) is 6.79. The monoisotopic (exact) mass is 420 g/mol. The lowest BCUT2D eigenvalue weighted by molar-refractivity contribution is -0.121. The number of nitrogens with zero attached hydrogens (tertiary/aromatic N) is 4. The van der Waals surface area contributed by atoms with Gasteiger partial charge in [-0.1, -0.05) is 13.8 Å². The molecule has 8 nitrogen and oxygen atoms in total. The van der Waals surface area contributed by atoms with Gasteiger partial charge in [-0.2, -0.15) is 0 Å². The number of aromatic nitrogens is 4. The van der Waals surface area contributed by atoms with Crippen LogP contribution in [0.15, 0.2) is 23.1 Å². The predicted molar refractivity (Wildman–Crippen MR) is 120 cm³/mol. The van der Waals surface area contributed by atoms with Crippen molar-refractivity contribution in [1.82, 2.24) is 24.9 Å². The van der Waals surface area contributed by atoms with Gasteiger partial charge < -0.3 is 10.6 Å². The predicted octanol–water partition coefficient (Wildman–Crippen LogP) is 3.17. The minimum absolute atomic E-state index is 0. The summed E-state index contributed by atoms with van der Waals surface area (Å²) in [5.74, 6) is 1.90. The third kappa shape index (κ3) is 5.09. The zero-order chi connectivity index (χ0) is 21.0. The number of anilines is 1. The topological polar surface area (TPSA) is 101 Å². The highest BCUT2D eigenvalue weighted by atomic mass is 32.2. The van der Waals surface area contributed by atoms with Crippen LogP contribution in [-0.2, 0) is 15.6 Å². The summed E-state index contributed by atoms with van der Waals surface area (Å²) in [4.78, 5) is 17.1. The molecule has 1 atom stereocenters. The van der Waals surface area contributed by atoms with Crippen LogP contribution in [0.5, 0.6) is 0 Å². The maximum absolute atomic E-state index is 11.8. The SMILES string of the molecule is Cc1nnc2c(NCCCCNC(=O)CC(C)C)nc3cc(S(C)=O)ccc3n12.[HH].[HH]. The summed E-state index contributed by atoms with van der Waals surface area (Å²) in [5, 5.41) is 14.7. The molecule has 0 aliphatic rings. The lowest BCUT2D eigenvalue weighted by atomic mass is 10.1. The molecule has 0 fully saturated rings. The largest absolute Gasteiger partial charge is 0.367 e. The van der Waals surface area contributed by atoms with Crippen LogP contribution in [0.2, 0.25) is 0 Å². The van der Waals surface area contributed by atoms with Crippen molar-refractivity contribution in [3.05, 3.63) is 24.0 Å². The van der Waals surface area contributed by atoms with E-state index in [4.69, 9.17) is 4.98 Å². The summed E-state index contributed by atoms with van der Waals surface area (Å²) in [7, 11) is -1.07. The second kappa shape index (κ2) is 9.30. The Hall–Kier alpha value is -2.55. The average Bonchev–Trinajstić information content (AvgIpc) is 3.05. The molecule has 0 aliphatic carbocycles. The Labute approximate surface area is 175 Å². The van der Waals surface area contributed by atoms with E-state index in [0.717, 1.165) is 34.6 Å². The Morgan fingerprint density at radius 1 is 1.24 bits per heavy atom. The second-order valence-corrected chi connectivity index (χ2v) is 8.93. The molecular formula is C20H32N6O2S. The molecule has 0 bridgehead atoms. The van der Waals surface area contributed by atoms with E-state index in [9.17, 15) is 9.00 Å². The number of amides is 1. The molecular weight excluding hydrogens is 388 g/mol. The lowest BCUT2D eigenvalue weighted by Crippen LogP contribution is -2.25. The van der Waals surface area contributed by atoms with Gasteiger partial charge in [-0.25, -0.2) is 4.98 Å². The first-order chi connectivity index (χ1) is 13.9. The zero-order valence-corrected chi connectivity index (χ0v) is 18.2. The molecule has 0 aliphatic heterocycles. The van der Waals surface area contributed by atoms with Crippen molar-refractivity contribution in [3.63, 3.8) is 0 Å². The van der Waals surface area contributed by atoms with E-state index in [1.165, 1.54) is 0 Å². The van der Waals surface area contributed by atoms with E-state index >= 15 is 0 Å². The normalized spacial score (nSPS) is 12.6. The molecule has 2 heterocycles. The van der Waals surface area contributed by atoms with E-state index in [2.05, 4.69) is 20.8 Å². The first-order valence-corrected chi connectivity index (χ1v) is 11.4. The van der Waals surface area contributed by atoms with Crippen molar-refractivity contribution in [3.8, 4) is 0 Å². The van der Waals surface area contributed by atoms with Gasteiger partial charge >= 0.3 is 0 Å². The molecule has 1 aromatic carbocycles. The molecule has 1 amide bonds. The molecule has 3 rings (SSSR count). The Morgan fingerprint density at radius 2 is 2.00 bits per heavy atom. The molecule has 0 spiro atoms. The lowest BCUT2D eigenvalue weighted by Gasteiger charge is -2.11. The van der Waals surface area contributed by atoms with Crippen molar-refractivity contribution in [2.45, 2.75) is 44.9 Å². The minimum Gasteiger partial charge on any atom is -0.367 e. The third-order valence-corrected chi connectivity index (χ3v) is 5.52. The molecule has 0 saturated heterocycles. The molecule has 0 radical (unpaired) electrons. The smallest absolute Gasteiger partial charge is 0.220 e. The van der Waals surface area contributed by atoms with Crippen LogP contribution < -0.4 is 10.6 Å². The highest BCUT2D eigenvalue weighted by molar-refractivity contribution is 7.84. The summed E-state index contributed by atoms with van der Waals surface area (Å²) in [5.41, 5.74) is 2.30. The number of nitrogens with one attached hydrogen (secondary N) is 2. The van der Waals surface area contributed by atoms with Gasteiger partial charge in [-0.05, 0) is 43.9 Å². The highest BCUT2D eigenvalue weighted by Crippen LogP contribution is 2.23. The first kappa shape index (κ1) is 21.2. The van der Waals surface area contributed by atoms with E-state index in [0.29, 0.717) is 36.9 Å². The van der Waals surface area contributed by atoms with Crippen molar-refractivity contribution in [1.29, 1.82) is 0 Å². The molecule has 2 N–H and O–H groups in total. The van der Waals surface area contributed by atoms with E-state index < -0.39 is 10.8 Å². The van der Waals surface area contributed by atoms with Crippen molar-refractivity contribution in [2.75, 3.05) is 24.7 Å². The van der Waals surface area contributed by atoms with Crippen LogP contribution in [0.3, 0.4) is 0 Å². The number of hydrogen-bond acceptors (Lipinski definition) is 6. The average molecular weight is 421 g/mol. The number of aryl methyl sites for hydroxylation is 1. The van der Waals surface area contributed by atoms with E-state index in [1.807, 2.05) is 43.4 Å². The zero-order valence-electron chi connectivity index (χ0n) is 17.4. The van der Waals surface area contributed by atoms with Gasteiger partial charge in [0, 0.05) is 44.3 Å². The van der Waals surface area contributed by atoms with Gasteiger partial charge in [0.2, 0.25) is 11.6 Å². The number of hydrogen-bond donors (Lipinski definition) is 2. The molecule has 9 heteroatoms. The molecule has 0 saturated carbocycles. The first-order valence-electron chi connectivity index (χ1n) is 9.86. The fourth-order valence-corrected chi connectivity index (χ4v) is 3.72. The summed E-state index contributed by atoms with van der Waals surface area (Å²) in [6.07, 6.45) is 3.99. The van der Waals surface area contributed by atoms with Gasteiger partial charge in [0.25, 0.3) is 0 Å². The fraction of sp³-hybridized carbons (Fsp3) is 0.500. The van der Waals surface area contributed by atoms with Crippen LogP contribution >= 0.6 is 0 Å². The Morgan fingerprint density at radius 3 is 2.72 bits per heavy atom. The molecule has 160 valence electrons. The van der Waals surface area contributed by atoms with Crippen molar-refractivity contribution in [2.24, 2.45) is 5.92 Å². The second-order valence-electron chi connectivity index (χ2n) is 7.55. The quantitative estimate of drug-likeness (QED) is 0.516. The van der Waals surface area contributed by atoms with Crippen molar-refractivity contribution < 1.29 is 11.9 Å². The Balaban J connectivity index is 0.00000240. The van der Waals surface area contributed by atoms with Crippen LogP contribution in [0.4, 0.5) is 5.82 Å². The van der Waals surface area contributed by atoms with Crippen LogP contribution in [0, 0.1) is 12.8 Å². The van der Waals surface area contributed by atoms with Crippen LogP contribution in [-0.4, -0.2) is 49.0 Å². The molecule has 2 aromatic heterocycles. The van der Waals surface area contributed by atoms with Gasteiger partial charge in [-0.15, -0.1) is 10.2 Å². The standard InChI is InChI=1S/C20H28N6O2S.2H2/c1-13(2)11-18(27)21-9-5-6-10-22-19-20-25-24-14(3)26(20)17-8-7-15(29(4)28)12-16(17)23-19;;/h7-8,12-13H,5-6,9-11H2,1-4H3,(H,21,27)(H,22,23);2*1H. The molecule has 3 aromatic rings. The summed E-state index contributed by atoms with van der Waals surface area (Å²) >= 11 is 0. The number of carbonyl (C=O) groups is 1. The number of unbranched alkanes of at least 4 members (excludes halogenated alkanes) is 1. The van der Waals surface area contributed by atoms with Gasteiger partial charge in [0.1, 0.15) is 5.82 Å². The molecule has 29 heavy (non-hydrogen) atoms. The summed E-state index contributed by atoms with van der Waals surface area (Å²) < 4.78 is 13.8. The van der Waals surface area contributed by atoms with E-state index in [-0.39, 0.29) is 8.76 Å².